The lowest BCUT2D eigenvalue weighted by Crippen LogP contribution is -2.47. The highest BCUT2D eigenvalue weighted by atomic mass is 32.2. The molecule has 1 amide bonds. The molecule has 0 saturated carbocycles. The van der Waals surface area contributed by atoms with Crippen LogP contribution in [0, 0.1) is 0 Å². The molecule has 0 aliphatic heterocycles. The fourth-order valence-electron chi connectivity index (χ4n) is 1.37. The van der Waals surface area contributed by atoms with E-state index in [1.165, 1.54) is 36.2 Å². The molecule has 0 spiro atoms. The van der Waals surface area contributed by atoms with E-state index in [0.29, 0.717) is 0 Å². The number of carbonyl (C=O) groups excluding carboxylic acids is 1. The van der Waals surface area contributed by atoms with E-state index in [1.54, 1.807) is 13.8 Å². The van der Waals surface area contributed by atoms with Crippen LogP contribution in [0.2, 0.25) is 0 Å². The second-order valence-electron chi connectivity index (χ2n) is 4.91. The monoisotopic (exact) mass is 307 g/mol. The summed E-state index contributed by atoms with van der Waals surface area (Å²) in [5.41, 5.74) is -4.81. The number of nitrogens with zero attached hydrogens (tertiary/aromatic N) is 1. The molecule has 0 fully saturated rings. The van der Waals surface area contributed by atoms with Gasteiger partial charge >= 0.3 is 5.51 Å². The third kappa shape index (κ3) is 4.42. The van der Waals surface area contributed by atoms with E-state index < -0.39 is 11.0 Å². The summed E-state index contributed by atoms with van der Waals surface area (Å²) in [5.74, 6) is -0.354. The van der Waals surface area contributed by atoms with Gasteiger partial charge in [0.2, 0.25) is 0 Å². The Balaban J connectivity index is 2.86. The third-order valence-corrected chi connectivity index (χ3v) is 3.67. The van der Waals surface area contributed by atoms with Crippen LogP contribution < -0.4 is 0 Å². The van der Waals surface area contributed by atoms with Gasteiger partial charge in [-0.2, -0.15) is 13.2 Å². The average Bonchev–Trinajstić information content (AvgIpc) is 2.36. The Morgan fingerprint density at radius 1 is 1.25 bits per heavy atom. The molecule has 0 aliphatic rings. The Hall–Kier alpha value is -1.21. The van der Waals surface area contributed by atoms with Gasteiger partial charge in [0.15, 0.2) is 0 Å². The molecule has 1 aromatic carbocycles. The van der Waals surface area contributed by atoms with Crippen molar-refractivity contribution in [1.82, 2.24) is 4.90 Å². The maximum absolute atomic E-state index is 12.2. The van der Waals surface area contributed by atoms with Gasteiger partial charge in [0.25, 0.3) is 5.91 Å². The van der Waals surface area contributed by atoms with Crippen LogP contribution >= 0.6 is 11.8 Å². The summed E-state index contributed by atoms with van der Waals surface area (Å²) >= 11 is -0.225. The molecule has 0 atom stereocenters. The number of hydrogen-bond donors (Lipinski definition) is 1. The zero-order valence-electron chi connectivity index (χ0n) is 11.4. The fourth-order valence-corrected chi connectivity index (χ4v) is 1.91. The van der Waals surface area contributed by atoms with Crippen LogP contribution in [0.3, 0.4) is 0 Å². The van der Waals surface area contributed by atoms with Gasteiger partial charge in [-0.1, -0.05) is 0 Å². The molecular weight excluding hydrogens is 291 g/mol. The molecule has 0 aliphatic carbocycles. The molecule has 0 saturated heterocycles. The molecule has 3 nitrogen and oxygen atoms in total. The molecule has 0 aromatic heterocycles. The Morgan fingerprint density at radius 2 is 1.75 bits per heavy atom. The fraction of sp³-hybridized carbons (Fsp3) is 0.462. The molecular formula is C13H16F3NO2S. The Morgan fingerprint density at radius 3 is 2.15 bits per heavy atom. The lowest BCUT2D eigenvalue weighted by Gasteiger charge is -2.34. The number of halogens is 3. The Labute approximate surface area is 119 Å². The number of alkyl halides is 3. The van der Waals surface area contributed by atoms with Crippen LogP contribution in [0.5, 0.6) is 0 Å². The number of carbonyl (C=O) groups is 1. The van der Waals surface area contributed by atoms with E-state index in [4.69, 9.17) is 0 Å². The summed E-state index contributed by atoms with van der Waals surface area (Å²) in [4.78, 5) is 13.5. The van der Waals surface area contributed by atoms with Gasteiger partial charge in [0.1, 0.15) is 0 Å². The Kier molecular flexibility index (Phi) is 5.10. The van der Waals surface area contributed by atoms with E-state index in [-0.39, 0.29) is 34.7 Å². The van der Waals surface area contributed by atoms with Gasteiger partial charge in [-0.3, -0.25) is 4.79 Å². The summed E-state index contributed by atoms with van der Waals surface area (Å²) in [7, 11) is 1.54. The summed E-state index contributed by atoms with van der Waals surface area (Å²) in [6.45, 7) is 3.18. The topological polar surface area (TPSA) is 40.5 Å². The number of benzene rings is 1. The molecule has 1 aromatic rings. The van der Waals surface area contributed by atoms with Crippen LogP contribution in [0.25, 0.3) is 0 Å². The van der Waals surface area contributed by atoms with Crippen molar-refractivity contribution in [2.75, 3.05) is 13.7 Å². The highest BCUT2D eigenvalue weighted by Gasteiger charge is 2.30. The van der Waals surface area contributed by atoms with Crippen molar-refractivity contribution in [3.05, 3.63) is 29.8 Å². The summed E-state index contributed by atoms with van der Waals surface area (Å²) in [6.07, 6.45) is 0. The molecule has 7 heteroatoms. The van der Waals surface area contributed by atoms with Gasteiger partial charge in [-0.25, -0.2) is 0 Å². The van der Waals surface area contributed by atoms with Gasteiger partial charge in [0, 0.05) is 17.5 Å². The zero-order chi connectivity index (χ0) is 15.6. The maximum atomic E-state index is 12.2. The van der Waals surface area contributed by atoms with Gasteiger partial charge in [-0.15, -0.1) is 0 Å². The first-order chi connectivity index (χ1) is 9.07. The molecule has 1 rings (SSSR count). The summed E-state index contributed by atoms with van der Waals surface area (Å²) < 4.78 is 36.6. The molecule has 0 radical (unpaired) electrons. The van der Waals surface area contributed by atoms with E-state index >= 15 is 0 Å². The average molecular weight is 307 g/mol. The minimum Gasteiger partial charge on any atom is -0.394 e. The second kappa shape index (κ2) is 6.05. The Bertz CT molecular complexity index is 471. The van der Waals surface area contributed by atoms with Gasteiger partial charge < -0.3 is 10.0 Å². The summed E-state index contributed by atoms with van der Waals surface area (Å²) in [5, 5.41) is 9.21. The van der Waals surface area contributed by atoms with Crippen molar-refractivity contribution in [2.24, 2.45) is 0 Å². The number of hydrogen-bond acceptors (Lipinski definition) is 3. The van der Waals surface area contributed by atoms with E-state index in [2.05, 4.69) is 0 Å². The molecule has 0 unspecified atom stereocenters. The highest BCUT2D eigenvalue weighted by molar-refractivity contribution is 8.00. The largest absolute Gasteiger partial charge is 0.446 e. The van der Waals surface area contributed by atoms with Crippen LogP contribution in [-0.4, -0.2) is 40.6 Å². The first-order valence-electron chi connectivity index (χ1n) is 5.81. The molecule has 0 bridgehead atoms. The smallest absolute Gasteiger partial charge is 0.394 e. The van der Waals surface area contributed by atoms with Crippen molar-refractivity contribution in [2.45, 2.75) is 29.8 Å². The molecule has 20 heavy (non-hydrogen) atoms. The van der Waals surface area contributed by atoms with E-state index in [1.807, 2.05) is 0 Å². The number of thioether (sulfide) groups is 1. The minimum absolute atomic E-state index is 0.0260. The predicted octanol–water partition coefficient (Wildman–Crippen LogP) is 3.14. The van der Waals surface area contributed by atoms with Crippen molar-refractivity contribution >= 4 is 17.7 Å². The van der Waals surface area contributed by atoms with Crippen LogP contribution in [0.15, 0.2) is 29.2 Å². The lowest BCUT2D eigenvalue weighted by molar-refractivity contribution is -0.0328. The van der Waals surface area contributed by atoms with Gasteiger partial charge in [0.05, 0.1) is 12.1 Å². The number of aliphatic hydroxyl groups is 1. The standard InChI is InChI=1S/C13H16F3NO2S/c1-12(2,8-18)17(3)11(19)9-4-6-10(7-5-9)20-13(14,15)16/h4-7,18H,8H2,1-3H3. The van der Waals surface area contributed by atoms with Crippen molar-refractivity contribution < 1.29 is 23.1 Å². The first-order valence-corrected chi connectivity index (χ1v) is 6.63. The van der Waals surface area contributed by atoms with Gasteiger partial charge in [-0.05, 0) is 49.9 Å². The molecule has 112 valence electrons. The maximum Gasteiger partial charge on any atom is 0.446 e. The second-order valence-corrected chi connectivity index (χ2v) is 6.05. The quantitative estimate of drug-likeness (QED) is 0.869. The highest BCUT2D eigenvalue weighted by Crippen LogP contribution is 2.36. The zero-order valence-corrected chi connectivity index (χ0v) is 12.2. The number of likely N-dealkylation sites (N-methyl/N-ethyl adjacent to an activating group) is 1. The predicted molar refractivity (Wildman–Crippen MR) is 71.6 cm³/mol. The van der Waals surface area contributed by atoms with Crippen molar-refractivity contribution in [3.63, 3.8) is 0 Å². The number of amides is 1. The number of aliphatic hydroxyl groups excluding tert-OH is 1. The van der Waals surface area contributed by atoms with Crippen molar-refractivity contribution in [3.8, 4) is 0 Å². The number of rotatable bonds is 4. The molecule has 1 N–H and O–H groups in total. The SMILES string of the molecule is CN(C(=O)c1ccc(SC(F)(F)F)cc1)C(C)(C)CO. The summed E-state index contributed by atoms with van der Waals surface area (Å²) in [6, 6.07) is 5.21. The normalized spacial score (nSPS) is 12.3. The van der Waals surface area contributed by atoms with E-state index in [0.717, 1.165) is 0 Å². The third-order valence-electron chi connectivity index (χ3n) is 2.93. The molecule has 0 heterocycles. The van der Waals surface area contributed by atoms with Crippen LogP contribution in [-0.2, 0) is 0 Å². The first kappa shape index (κ1) is 16.8. The van der Waals surface area contributed by atoms with E-state index in [9.17, 15) is 23.1 Å². The lowest BCUT2D eigenvalue weighted by atomic mass is 10.0. The minimum atomic E-state index is -4.35. The van der Waals surface area contributed by atoms with Crippen molar-refractivity contribution in [1.29, 1.82) is 0 Å². The van der Waals surface area contributed by atoms with Crippen LogP contribution in [0.1, 0.15) is 24.2 Å². The van der Waals surface area contributed by atoms with Crippen LogP contribution in [0.4, 0.5) is 13.2 Å².